The predicted molar refractivity (Wildman–Crippen MR) is 85.5 cm³/mol. The lowest BCUT2D eigenvalue weighted by molar-refractivity contribution is -0.131. The number of ether oxygens (including phenoxy) is 1. The molecule has 0 aromatic heterocycles. The summed E-state index contributed by atoms with van der Waals surface area (Å²) in [6.07, 6.45) is 0. The normalized spacial score (nSPS) is 11.9. The molecule has 1 rings (SSSR count). The molecule has 0 aliphatic carbocycles. The van der Waals surface area contributed by atoms with Crippen LogP contribution in [0.3, 0.4) is 0 Å². The highest BCUT2D eigenvalue weighted by atomic mass is 32.2. The molecular formula is C15H22N2O5S. The Morgan fingerprint density at radius 2 is 1.83 bits per heavy atom. The van der Waals surface area contributed by atoms with Gasteiger partial charge < -0.3 is 9.64 Å². The number of esters is 1. The highest BCUT2D eigenvalue weighted by Crippen LogP contribution is 2.15. The van der Waals surface area contributed by atoms with Gasteiger partial charge in [0.15, 0.2) is 6.61 Å². The first kappa shape index (κ1) is 19.1. The zero-order valence-electron chi connectivity index (χ0n) is 13.9. The van der Waals surface area contributed by atoms with Gasteiger partial charge in [0.1, 0.15) is 0 Å². The quantitative estimate of drug-likeness (QED) is 0.806. The maximum absolute atomic E-state index is 12.3. The molecule has 0 atom stereocenters. The van der Waals surface area contributed by atoms with Crippen molar-refractivity contribution in [1.82, 2.24) is 9.62 Å². The number of carbonyl (C=O) groups excluding carboxylic acids is 2. The summed E-state index contributed by atoms with van der Waals surface area (Å²) in [7, 11) is -0.665. The zero-order chi connectivity index (χ0) is 17.8. The summed E-state index contributed by atoms with van der Waals surface area (Å²) in [5.74, 6) is -1.12. The van der Waals surface area contributed by atoms with E-state index in [1.807, 2.05) is 0 Å². The number of rotatable bonds is 5. The number of nitrogens with one attached hydrogen (secondary N) is 1. The van der Waals surface area contributed by atoms with Crippen molar-refractivity contribution in [3.63, 3.8) is 0 Å². The Kier molecular flexibility index (Phi) is 5.90. The molecule has 0 aliphatic rings. The van der Waals surface area contributed by atoms with Crippen LogP contribution < -0.4 is 4.72 Å². The van der Waals surface area contributed by atoms with Gasteiger partial charge in [-0.05, 0) is 39.0 Å². The van der Waals surface area contributed by atoms with Crippen molar-refractivity contribution in [2.75, 3.05) is 20.7 Å². The van der Waals surface area contributed by atoms with Gasteiger partial charge in [-0.15, -0.1) is 0 Å². The summed E-state index contributed by atoms with van der Waals surface area (Å²) in [5.41, 5.74) is -0.582. The van der Waals surface area contributed by atoms with Crippen LogP contribution in [0.2, 0.25) is 0 Å². The van der Waals surface area contributed by atoms with Gasteiger partial charge in [0.05, 0.1) is 10.5 Å². The second-order valence-electron chi connectivity index (χ2n) is 6.25. The van der Waals surface area contributed by atoms with Gasteiger partial charge in [-0.1, -0.05) is 6.07 Å². The maximum atomic E-state index is 12.3. The molecule has 0 spiro atoms. The van der Waals surface area contributed by atoms with E-state index in [-0.39, 0.29) is 16.4 Å². The number of benzene rings is 1. The van der Waals surface area contributed by atoms with Crippen LogP contribution >= 0.6 is 0 Å². The standard InChI is InChI=1S/C15H22N2O5S/c1-15(2,3)16-23(20,21)12-8-6-7-11(9-12)14(19)22-10-13(18)17(4)5/h6-9,16H,10H2,1-5H3. The van der Waals surface area contributed by atoms with E-state index in [2.05, 4.69) is 4.72 Å². The highest BCUT2D eigenvalue weighted by molar-refractivity contribution is 7.89. The van der Waals surface area contributed by atoms with Crippen molar-refractivity contribution < 1.29 is 22.7 Å². The molecule has 0 fully saturated rings. The molecule has 1 aromatic rings. The Morgan fingerprint density at radius 3 is 2.35 bits per heavy atom. The molecule has 1 N–H and O–H groups in total. The van der Waals surface area contributed by atoms with Crippen LogP contribution in [-0.4, -0.2) is 51.4 Å². The van der Waals surface area contributed by atoms with E-state index in [0.29, 0.717) is 0 Å². The second kappa shape index (κ2) is 7.10. The Labute approximate surface area is 136 Å². The molecule has 1 amide bonds. The Morgan fingerprint density at radius 1 is 1.22 bits per heavy atom. The van der Waals surface area contributed by atoms with Crippen molar-refractivity contribution in [2.45, 2.75) is 31.2 Å². The number of sulfonamides is 1. The molecule has 128 valence electrons. The monoisotopic (exact) mass is 342 g/mol. The second-order valence-corrected chi connectivity index (χ2v) is 7.93. The number of nitrogens with zero attached hydrogens (tertiary/aromatic N) is 1. The number of hydrogen-bond donors (Lipinski definition) is 1. The van der Waals surface area contributed by atoms with Crippen LogP contribution in [0.15, 0.2) is 29.2 Å². The summed E-state index contributed by atoms with van der Waals surface area (Å²) in [4.78, 5) is 24.6. The number of amides is 1. The molecular weight excluding hydrogens is 320 g/mol. The molecule has 0 bridgehead atoms. The molecule has 0 unspecified atom stereocenters. The molecule has 0 aliphatic heterocycles. The van der Waals surface area contributed by atoms with Gasteiger partial charge in [0.25, 0.3) is 5.91 Å². The van der Waals surface area contributed by atoms with Gasteiger partial charge in [0, 0.05) is 19.6 Å². The first-order chi connectivity index (χ1) is 10.4. The minimum Gasteiger partial charge on any atom is -0.452 e. The van der Waals surface area contributed by atoms with Crippen LogP contribution in [0.25, 0.3) is 0 Å². The van der Waals surface area contributed by atoms with E-state index in [9.17, 15) is 18.0 Å². The van der Waals surface area contributed by atoms with Crippen molar-refractivity contribution in [3.8, 4) is 0 Å². The molecule has 0 heterocycles. The van der Waals surface area contributed by atoms with Gasteiger partial charge in [-0.2, -0.15) is 0 Å². The van der Waals surface area contributed by atoms with E-state index >= 15 is 0 Å². The van der Waals surface area contributed by atoms with E-state index < -0.39 is 28.1 Å². The van der Waals surface area contributed by atoms with Gasteiger partial charge in [-0.3, -0.25) is 4.79 Å². The van der Waals surface area contributed by atoms with Gasteiger partial charge in [0.2, 0.25) is 10.0 Å². The third kappa shape index (κ3) is 5.99. The average molecular weight is 342 g/mol. The van der Waals surface area contributed by atoms with Crippen LogP contribution in [-0.2, 0) is 19.6 Å². The third-order valence-electron chi connectivity index (χ3n) is 2.65. The summed E-state index contributed by atoms with van der Waals surface area (Å²) < 4.78 is 31.9. The Balaban J connectivity index is 2.92. The van der Waals surface area contributed by atoms with Crippen molar-refractivity contribution >= 4 is 21.9 Å². The minimum atomic E-state index is -3.75. The van der Waals surface area contributed by atoms with E-state index in [1.54, 1.807) is 34.9 Å². The lowest BCUT2D eigenvalue weighted by Crippen LogP contribution is -2.40. The fourth-order valence-corrected chi connectivity index (χ4v) is 3.06. The topological polar surface area (TPSA) is 92.8 Å². The summed E-state index contributed by atoms with van der Waals surface area (Å²) in [6.45, 7) is 4.75. The van der Waals surface area contributed by atoms with Gasteiger partial charge >= 0.3 is 5.97 Å². The largest absolute Gasteiger partial charge is 0.452 e. The molecule has 0 saturated carbocycles. The maximum Gasteiger partial charge on any atom is 0.338 e. The molecule has 8 heteroatoms. The molecule has 7 nitrogen and oxygen atoms in total. The van der Waals surface area contributed by atoms with Crippen LogP contribution in [0.5, 0.6) is 0 Å². The third-order valence-corrected chi connectivity index (χ3v) is 4.40. The SMILES string of the molecule is CN(C)C(=O)COC(=O)c1cccc(S(=O)(=O)NC(C)(C)C)c1. The Hall–Kier alpha value is -1.93. The van der Waals surface area contributed by atoms with E-state index in [4.69, 9.17) is 4.74 Å². The number of carbonyl (C=O) groups is 2. The van der Waals surface area contributed by atoms with Crippen molar-refractivity contribution in [2.24, 2.45) is 0 Å². The van der Waals surface area contributed by atoms with Crippen LogP contribution in [0.1, 0.15) is 31.1 Å². The lowest BCUT2D eigenvalue weighted by Gasteiger charge is -2.20. The number of likely N-dealkylation sites (N-methyl/N-ethyl adjacent to an activating group) is 1. The Bertz CT molecular complexity index is 690. The average Bonchev–Trinajstić information content (AvgIpc) is 2.41. The van der Waals surface area contributed by atoms with Crippen LogP contribution in [0.4, 0.5) is 0 Å². The van der Waals surface area contributed by atoms with E-state index in [1.165, 1.54) is 29.2 Å². The molecule has 1 aromatic carbocycles. The summed E-state index contributed by atoms with van der Waals surface area (Å²) in [6, 6.07) is 5.48. The van der Waals surface area contributed by atoms with Gasteiger partial charge in [-0.25, -0.2) is 17.9 Å². The first-order valence-corrected chi connectivity index (χ1v) is 8.42. The zero-order valence-corrected chi connectivity index (χ0v) is 14.7. The molecule has 0 radical (unpaired) electrons. The smallest absolute Gasteiger partial charge is 0.338 e. The van der Waals surface area contributed by atoms with Crippen molar-refractivity contribution in [3.05, 3.63) is 29.8 Å². The van der Waals surface area contributed by atoms with Crippen LogP contribution in [0, 0.1) is 0 Å². The summed E-state index contributed by atoms with van der Waals surface area (Å²) in [5, 5.41) is 0. The van der Waals surface area contributed by atoms with Crippen molar-refractivity contribution in [1.29, 1.82) is 0 Å². The first-order valence-electron chi connectivity index (χ1n) is 6.94. The molecule has 23 heavy (non-hydrogen) atoms. The minimum absolute atomic E-state index is 0.0409. The predicted octanol–water partition coefficient (Wildman–Crippen LogP) is 1.01. The fourth-order valence-electron chi connectivity index (χ4n) is 1.59. The highest BCUT2D eigenvalue weighted by Gasteiger charge is 2.23. The number of hydrogen-bond acceptors (Lipinski definition) is 5. The fraction of sp³-hybridized carbons (Fsp3) is 0.467. The molecule has 0 saturated heterocycles. The summed E-state index contributed by atoms with van der Waals surface area (Å²) >= 11 is 0. The lowest BCUT2D eigenvalue weighted by atomic mass is 10.1. The van der Waals surface area contributed by atoms with E-state index in [0.717, 1.165) is 0 Å².